The molecule has 0 saturated heterocycles. The van der Waals surface area contributed by atoms with Gasteiger partial charge < -0.3 is 10.1 Å². The first-order valence-corrected chi connectivity index (χ1v) is 7.42. The average Bonchev–Trinajstić information content (AvgIpc) is 2.96. The fraction of sp³-hybridized carbons (Fsp3) is 0.467. The molecule has 1 aromatic heterocycles. The maximum atomic E-state index is 11.8. The van der Waals surface area contributed by atoms with E-state index in [0.29, 0.717) is 12.4 Å². The SMILES string of the molecule is CCOc1ccc(-c2nnn(CC(=O)N[C@H](C)CC)n2)cc1. The van der Waals surface area contributed by atoms with Crippen LogP contribution in [0.1, 0.15) is 27.2 Å². The highest BCUT2D eigenvalue weighted by molar-refractivity contribution is 5.75. The van der Waals surface area contributed by atoms with E-state index in [1.165, 1.54) is 4.80 Å². The molecule has 2 aromatic rings. The Labute approximate surface area is 129 Å². The highest BCUT2D eigenvalue weighted by atomic mass is 16.5. The number of ether oxygens (including phenoxy) is 1. The molecule has 0 aliphatic rings. The molecule has 2 rings (SSSR count). The number of benzene rings is 1. The maximum absolute atomic E-state index is 11.8. The van der Waals surface area contributed by atoms with Gasteiger partial charge in [-0.15, -0.1) is 10.2 Å². The number of hydrogen-bond donors (Lipinski definition) is 1. The van der Waals surface area contributed by atoms with Gasteiger partial charge in [-0.25, -0.2) is 0 Å². The minimum atomic E-state index is -0.120. The van der Waals surface area contributed by atoms with E-state index in [9.17, 15) is 4.79 Å². The van der Waals surface area contributed by atoms with Crippen molar-refractivity contribution >= 4 is 5.91 Å². The van der Waals surface area contributed by atoms with Gasteiger partial charge in [-0.2, -0.15) is 4.80 Å². The fourth-order valence-corrected chi connectivity index (χ4v) is 1.84. The van der Waals surface area contributed by atoms with E-state index in [-0.39, 0.29) is 18.5 Å². The van der Waals surface area contributed by atoms with Gasteiger partial charge in [0.2, 0.25) is 11.7 Å². The molecule has 1 atom stereocenters. The molecule has 7 nitrogen and oxygen atoms in total. The molecule has 1 amide bonds. The van der Waals surface area contributed by atoms with E-state index in [4.69, 9.17) is 4.74 Å². The van der Waals surface area contributed by atoms with E-state index >= 15 is 0 Å². The van der Waals surface area contributed by atoms with Crippen LogP contribution in [0.3, 0.4) is 0 Å². The van der Waals surface area contributed by atoms with Crippen molar-refractivity contribution in [3.05, 3.63) is 24.3 Å². The standard InChI is InChI=1S/C15H21N5O2/c1-4-11(3)16-14(21)10-20-18-15(17-19-20)12-6-8-13(9-7-12)22-5-2/h6-9,11H,4-5,10H2,1-3H3,(H,16,21)/t11-/m1/s1. The summed E-state index contributed by atoms with van der Waals surface area (Å²) < 4.78 is 5.39. The highest BCUT2D eigenvalue weighted by Crippen LogP contribution is 2.18. The minimum Gasteiger partial charge on any atom is -0.494 e. The zero-order valence-corrected chi connectivity index (χ0v) is 13.1. The molecule has 0 fully saturated rings. The third-order valence-electron chi connectivity index (χ3n) is 3.18. The lowest BCUT2D eigenvalue weighted by Gasteiger charge is -2.10. The van der Waals surface area contributed by atoms with Crippen molar-refractivity contribution in [3.8, 4) is 17.1 Å². The van der Waals surface area contributed by atoms with E-state index < -0.39 is 0 Å². The monoisotopic (exact) mass is 303 g/mol. The van der Waals surface area contributed by atoms with Crippen LogP contribution in [0, 0.1) is 0 Å². The smallest absolute Gasteiger partial charge is 0.243 e. The number of amides is 1. The van der Waals surface area contributed by atoms with E-state index in [1.54, 1.807) is 0 Å². The first-order valence-electron chi connectivity index (χ1n) is 7.42. The highest BCUT2D eigenvalue weighted by Gasteiger charge is 2.10. The Morgan fingerprint density at radius 3 is 2.68 bits per heavy atom. The van der Waals surface area contributed by atoms with Crippen molar-refractivity contribution in [2.24, 2.45) is 0 Å². The number of carbonyl (C=O) groups is 1. The maximum Gasteiger partial charge on any atom is 0.243 e. The molecular formula is C15H21N5O2. The van der Waals surface area contributed by atoms with Crippen LogP contribution in [0.15, 0.2) is 24.3 Å². The van der Waals surface area contributed by atoms with Crippen LogP contribution in [-0.2, 0) is 11.3 Å². The van der Waals surface area contributed by atoms with E-state index in [1.807, 2.05) is 45.0 Å². The van der Waals surface area contributed by atoms with Crippen LogP contribution in [0.5, 0.6) is 5.75 Å². The molecule has 1 N–H and O–H groups in total. The number of nitrogens with zero attached hydrogens (tertiary/aromatic N) is 4. The number of aromatic nitrogens is 4. The second kappa shape index (κ2) is 7.53. The number of rotatable bonds is 7. The predicted molar refractivity (Wildman–Crippen MR) is 82.3 cm³/mol. The molecule has 0 radical (unpaired) electrons. The minimum absolute atomic E-state index is 0.0639. The van der Waals surface area contributed by atoms with Crippen molar-refractivity contribution in [1.82, 2.24) is 25.5 Å². The molecule has 0 spiro atoms. The zero-order valence-electron chi connectivity index (χ0n) is 13.1. The molecule has 1 heterocycles. The van der Waals surface area contributed by atoms with Gasteiger partial charge in [0.1, 0.15) is 12.3 Å². The van der Waals surface area contributed by atoms with Crippen LogP contribution in [-0.4, -0.2) is 38.8 Å². The number of carbonyl (C=O) groups excluding carboxylic acids is 1. The van der Waals surface area contributed by atoms with Crippen LogP contribution in [0.25, 0.3) is 11.4 Å². The Hall–Kier alpha value is -2.44. The van der Waals surface area contributed by atoms with Gasteiger partial charge in [0.15, 0.2) is 0 Å². The lowest BCUT2D eigenvalue weighted by molar-refractivity contribution is -0.122. The third kappa shape index (κ3) is 4.28. The molecule has 0 saturated carbocycles. The summed E-state index contributed by atoms with van der Waals surface area (Å²) in [4.78, 5) is 13.1. The van der Waals surface area contributed by atoms with Gasteiger partial charge in [-0.05, 0) is 49.7 Å². The third-order valence-corrected chi connectivity index (χ3v) is 3.18. The molecule has 7 heteroatoms. The Bertz CT molecular complexity index is 609. The number of hydrogen-bond acceptors (Lipinski definition) is 5. The summed E-state index contributed by atoms with van der Waals surface area (Å²) in [5.74, 6) is 1.16. The molecule has 118 valence electrons. The Balaban J connectivity index is 2.00. The van der Waals surface area contributed by atoms with E-state index in [0.717, 1.165) is 17.7 Å². The summed E-state index contributed by atoms with van der Waals surface area (Å²) in [7, 11) is 0. The Kier molecular flexibility index (Phi) is 5.46. The van der Waals surface area contributed by atoms with Gasteiger partial charge >= 0.3 is 0 Å². The number of tetrazole rings is 1. The van der Waals surface area contributed by atoms with Gasteiger partial charge in [0.25, 0.3) is 0 Å². The van der Waals surface area contributed by atoms with Gasteiger partial charge in [0, 0.05) is 11.6 Å². The quantitative estimate of drug-likeness (QED) is 0.841. The molecule has 1 aromatic carbocycles. The summed E-state index contributed by atoms with van der Waals surface area (Å²) in [6.07, 6.45) is 0.883. The van der Waals surface area contributed by atoms with Crippen molar-refractivity contribution in [2.45, 2.75) is 39.8 Å². The first-order chi connectivity index (χ1) is 10.6. The van der Waals surface area contributed by atoms with Crippen molar-refractivity contribution < 1.29 is 9.53 Å². The van der Waals surface area contributed by atoms with E-state index in [2.05, 4.69) is 20.7 Å². The first kappa shape index (κ1) is 15.9. The van der Waals surface area contributed by atoms with Crippen LogP contribution in [0.2, 0.25) is 0 Å². The summed E-state index contributed by atoms with van der Waals surface area (Å²) in [5, 5.41) is 15.0. The van der Waals surface area contributed by atoms with Gasteiger partial charge in [-0.1, -0.05) is 6.92 Å². The number of nitrogens with one attached hydrogen (secondary N) is 1. The molecule has 0 bridgehead atoms. The summed E-state index contributed by atoms with van der Waals surface area (Å²) in [6.45, 7) is 6.60. The second-order valence-electron chi connectivity index (χ2n) is 4.98. The topological polar surface area (TPSA) is 81.9 Å². The average molecular weight is 303 g/mol. The van der Waals surface area contributed by atoms with Crippen molar-refractivity contribution in [2.75, 3.05) is 6.61 Å². The molecule has 22 heavy (non-hydrogen) atoms. The summed E-state index contributed by atoms with van der Waals surface area (Å²) in [6, 6.07) is 7.59. The van der Waals surface area contributed by atoms with Crippen molar-refractivity contribution in [1.29, 1.82) is 0 Å². The zero-order chi connectivity index (χ0) is 15.9. The Morgan fingerprint density at radius 2 is 2.05 bits per heavy atom. The Morgan fingerprint density at radius 1 is 1.32 bits per heavy atom. The molecule has 0 unspecified atom stereocenters. The van der Waals surface area contributed by atoms with Gasteiger partial charge in [0.05, 0.1) is 6.61 Å². The van der Waals surface area contributed by atoms with Crippen LogP contribution < -0.4 is 10.1 Å². The molecule has 0 aliphatic carbocycles. The summed E-state index contributed by atoms with van der Waals surface area (Å²) in [5.41, 5.74) is 0.831. The largest absolute Gasteiger partial charge is 0.494 e. The molecule has 0 aliphatic heterocycles. The summed E-state index contributed by atoms with van der Waals surface area (Å²) >= 11 is 0. The fourth-order valence-electron chi connectivity index (χ4n) is 1.84. The predicted octanol–water partition coefficient (Wildman–Crippen LogP) is 1.65. The lowest BCUT2D eigenvalue weighted by atomic mass is 10.2. The molecular weight excluding hydrogens is 282 g/mol. The van der Waals surface area contributed by atoms with Crippen LogP contribution in [0.4, 0.5) is 0 Å². The lowest BCUT2D eigenvalue weighted by Crippen LogP contribution is -2.35. The van der Waals surface area contributed by atoms with Crippen LogP contribution >= 0.6 is 0 Å². The van der Waals surface area contributed by atoms with Gasteiger partial charge in [-0.3, -0.25) is 4.79 Å². The second-order valence-corrected chi connectivity index (χ2v) is 4.98. The normalized spacial score (nSPS) is 12.0. The van der Waals surface area contributed by atoms with Crippen molar-refractivity contribution in [3.63, 3.8) is 0 Å².